The molecule has 0 spiro atoms. The van der Waals surface area contributed by atoms with Gasteiger partial charge in [0.1, 0.15) is 5.75 Å². The van der Waals surface area contributed by atoms with Gasteiger partial charge >= 0.3 is 0 Å². The minimum atomic E-state index is 0.0395. The smallest absolute Gasteiger partial charge is 0.251 e. The molecule has 3 rings (SSSR count). The van der Waals surface area contributed by atoms with Crippen molar-refractivity contribution in [2.24, 2.45) is 16.7 Å². The Morgan fingerprint density at radius 1 is 1.27 bits per heavy atom. The van der Waals surface area contributed by atoms with Gasteiger partial charge in [-0.3, -0.25) is 4.79 Å². The van der Waals surface area contributed by atoms with Gasteiger partial charge < -0.3 is 10.1 Å². The van der Waals surface area contributed by atoms with Gasteiger partial charge in [-0.25, -0.2) is 0 Å². The van der Waals surface area contributed by atoms with Crippen molar-refractivity contribution in [3.05, 3.63) is 29.8 Å². The SMILES string of the molecule is CCOc1ccc(C(=O)N[C@@H]2C[C@@H]3CC[C@@]2(C)C3(C)C)cc1. The van der Waals surface area contributed by atoms with Crippen molar-refractivity contribution in [2.45, 2.75) is 53.0 Å². The number of nitrogens with one attached hydrogen (secondary N) is 1. The fourth-order valence-corrected chi connectivity index (χ4v) is 4.53. The third kappa shape index (κ3) is 2.22. The molecule has 22 heavy (non-hydrogen) atoms. The van der Waals surface area contributed by atoms with E-state index in [4.69, 9.17) is 4.74 Å². The van der Waals surface area contributed by atoms with Gasteiger partial charge in [-0.2, -0.15) is 0 Å². The molecule has 0 aromatic heterocycles. The molecule has 0 unspecified atom stereocenters. The van der Waals surface area contributed by atoms with Crippen LogP contribution in [-0.4, -0.2) is 18.6 Å². The highest BCUT2D eigenvalue weighted by molar-refractivity contribution is 5.94. The third-order valence-electron chi connectivity index (χ3n) is 6.53. The van der Waals surface area contributed by atoms with Gasteiger partial charge in [0.2, 0.25) is 0 Å². The van der Waals surface area contributed by atoms with Crippen LogP contribution in [0.2, 0.25) is 0 Å². The first-order chi connectivity index (χ1) is 10.4. The van der Waals surface area contributed by atoms with E-state index in [2.05, 4.69) is 26.1 Å². The maximum absolute atomic E-state index is 12.5. The predicted octanol–water partition coefficient (Wildman–Crippen LogP) is 4.03. The molecule has 0 heterocycles. The topological polar surface area (TPSA) is 38.3 Å². The first kappa shape index (κ1) is 15.4. The number of fused-ring (bicyclic) bond motifs is 2. The molecule has 0 radical (unpaired) electrons. The molecule has 3 nitrogen and oxygen atoms in total. The highest BCUT2D eigenvalue weighted by atomic mass is 16.5. The van der Waals surface area contributed by atoms with Crippen LogP contribution in [0.25, 0.3) is 0 Å². The normalized spacial score (nSPS) is 32.0. The largest absolute Gasteiger partial charge is 0.494 e. The molecule has 0 aliphatic heterocycles. The molecule has 2 bridgehead atoms. The van der Waals surface area contributed by atoms with Gasteiger partial charge in [0.05, 0.1) is 6.61 Å². The lowest BCUT2D eigenvalue weighted by atomic mass is 9.69. The third-order valence-corrected chi connectivity index (χ3v) is 6.53. The van der Waals surface area contributed by atoms with Crippen LogP contribution in [-0.2, 0) is 0 Å². The van der Waals surface area contributed by atoms with E-state index in [1.807, 2.05) is 31.2 Å². The zero-order valence-corrected chi connectivity index (χ0v) is 14.1. The molecule has 2 aliphatic carbocycles. The first-order valence-electron chi connectivity index (χ1n) is 8.42. The molecule has 3 atom stereocenters. The van der Waals surface area contributed by atoms with E-state index in [0.29, 0.717) is 23.6 Å². The lowest BCUT2D eigenvalue weighted by molar-refractivity contribution is 0.0826. The summed E-state index contributed by atoms with van der Waals surface area (Å²) in [7, 11) is 0. The zero-order chi connectivity index (χ0) is 16.0. The van der Waals surface area contributed by atoms with Crippen LogP contribution < -0.4 is 10.1 Å². The Hall–Kier alpha value is -1.51. The van der Waals surface area contributed by atoms with Gasteiger partial charge in [-0.05, 0) is 67.2 Å². The Kier molecular flexibility index (Phi) is 3.70. The van der Waals surface area contributed by atoms with Crippen LogP contribution in [0.5, 0.6) is 5.75 Å². The Morgan fingerprint density at radius 3 is 2.45 bits per heavy atom. The Morgan fingerprint density at radius 2 is 1.95 bits per heavy atom. The molecule has 1 N–H and O–H groups in total. The number of ether oxygens (including phenoxy) is 1. The molecule has 120 valence electrons. The number of benzene rings is 1. The van der Waals surface area contributed by atoms with Gasteiger partial charge in [-0.15, -0.1) is 0 Å². The summed E-state index contributed by atoms with van der Waals surface area (Å²) in [5.41, 5.74) is 1.26. The maximum Gasteiger partial charge on any atom is 0.251 e. The van der Waals surface area contributed by atoms with Crippen LogP contribution in [0.3, 0.4) is 0 Å². The number of hydrogen-bond acceptors (Lipinski definition) is 2. The molecule has 2 fully saturated rings. The van der Waals surface area contributed by atoms with Crippen LogP contribution in [0, 0.1) is 16.7 Å². The highest BCUT2D eigenvalue weighted by Crippen LogP contribution is 2.65. The molecule has 1 amide bonds. The maximum atomic E-state index is 12.5. The summed E-state index contributed by atoms with van der Waals surface area (Å²) in [4.78, 5) is 12.5. The molecule has 1 aromatic carbocycles. The van der Waals surface area contributed by atoms with Gasteiger partial charge in [-0.1, -0.05) is 20.8 Å². The Bertz CT molecular complexity index is 563. The van der Waals surface area contributed by atoms with E-state index in [-0.39, 0.29) is 11.3 Å². The van der Waals surface area contributed by atoms with Crippen molar-refractivity contribution in [3.63, 3.8) is 0 Å². The van der Waals surface area contributed by atoms with Crippen LogP contribution in [0.4, 0.5) is 0 Å². The predicted molar refractivity (Wildman–Crippen MR) is 88.1 cm³/mol. The van der Waals surface area contributed by atoms with Crippen molar-refractivity contribution in [2.75, 3.05) is 6.61 Å². The standard InChI is InChI=1S/C19H27NO2/c1-5-22-15-8-6-13(7-9-15)17(21)20-16-12-14-10-11-19(16,4)18(14,2)3/h6-9,14,16H,5,10-12H2,1-4H3,(H,20,21)/t14-,16+,19+/m0/s1. The van der Waals surface area contributed by atoms with Crippen LogP contribution >= 0.6 is 0 Å². The van der Waals surface area contributed by atoms with Gasteiger partial charge in [0, 0.05) is 11.6 Å². The highest BCUT2D eigenvalue weighted by Gasteiger charge is 2.61. The summed E-state index contributed by atoms with van der Waals surface area (Å²) in [6.45, 7) is 9.69. The number of amides is 1. The quantitative estimate of drug-likeness (QED) is 0.912. The summed E-state index contributed by atoms with van der Waals surface area (Å²) < 4.78 is 5.43. The molecule has 2 saturated carbocycles. The van der Waals surface area contributed by atoms with Crippen LogP contribution in [0.15, 0.2) is 24.3 Å². The minimum Gasteiger partial charge on any atom is -0.494 e. The number of carbonyl (C=O) groups is 1. The fraction of sp³-hybridized carbons (Fsp3) is 0.632. The van der Waals surface area contributed by atoms with Gasteiger partial charge in [0.15, 0.2) is 0 Å². The lowest BCUT2D eigenvalue weighted by Crippen LogP contribution is -2.46. The second-order valence-corrected chi connectivity index (χ2v) is 7.59. The van der Waals surface area contributed by atoms with Crippen molar-refractivity contribution < 1.29 is 9.53 Å². The Labute approximate surface area is 133 Å². The van der Waals surface area contributed by atoms with E-state index in [1.165, 1.54) is 12.8 Å². The minimum absolute atomic E-state index is 0.0395. The van der Waals surface area contributed by atoms with Gasteiger partial charge in [0.25, 0.3) is 5.91 Å². The van der Waals surface area contributed by atoms with E-state index in [1.54, 1.807) is 0 Å². The second kappa shape index (κ2) is 5.29. The molecule has 3 heteroatoms. The first-order valence-corrected chi connectivity index (χ1v) is 8.42. The number of carbonyl (C=O) groups excluding carboxylic acids is 1. The van der Waals surface area contributed by atoms with Crippen LogP contribution in [0.1, 0.15) is 57.3 Å². The van der Waals surface area contributed by atoms with Crippen molar-refractivity contribution >= 4 is 5.91 Å². The van der Waals surface area contributed by atoms with Crippen molar-refractivity contribution in [3.8, 4) is 5.75 Å². The Balaban J connectivity index is 1.70. The fourth-order valence-electron chi connectivity index (χ4n) is 4.53. The summed E-state index contributed by atoms with van der Waals surface area (Å²) >= 11 is 0. The zero-order valence-electron chi connectivity index (χ0n) is 14.1. The van der Waals surface area contributed by atoms with E-state index in [9.17, 15) is 4.79 Å². The summed E-state index contributed by atoms with van der Waals surface area (Å²) in [6, 6.07) is 7.72. The lowest BCUT2D eigenvalue weighted by Gasteiger charge is -2.39. The van der Waals surface area contributed by atoms with Crippen molar-refractivity contribution in [1.82, 2.24) is 5.32 Å². The number of rotatable bonds is 4. The van der Waals surface area contributed by atoms with Crippen molar-refractivity contribution in [1.29, 1.82) is 0 Å². The molecule has 0 saturated heterocycles. The molecule has 1 aromatic rings. The van der Waals surface area contributed by atoms with E-state index >= 15 is 0 Å². The second-order valence-electron chi connectivity index (χ2n) is 7.59. The average Bonchev–Trinajstić information content (AvgIpc) is 2.81. The monoisotopic (exact) mass is 301 g/mol. The van der Waals surface area contributed by atoms with E-state index in [0.717, 1.165) is 18.1 Å². The average molecular weight is 301 g/mol. The van der Waals surface area contributed by atoms with E-state index < -0.39 is 0 Å². The molecular weight excluding hydrogens is 274 g/mol. The molecular formula is C19H27NO2. The molecule has 2 aliphatic rings. The summed E-state index contributed by atoms with van der Waals surface area (Å²) in [5.74, 6) is 1.59. The number of hydrogen-bond donors (Lipinski definition) is 1. The summed E-state index contributed by atoms with van der Waals surface area (Å²) in [6.07, 6.45) is 3.64. The summed E-state index contributed by atoms with van der Waals surface area (Å²) in [5, 5.41) is 3.29.